The predicted octanol–water partition coefficient (Wildman–Crippen LogP) is -0.838. The predicted molar refractivity (Wildman–Crippen MR) is 74.8 cm³/mol. The van der Waals surface area contributed by atoms with Crippen LogP contribution in [0, 0.1) is 0 Å². The van der Waals surface area contributed by atoms with Gasteiger partial charge in [-0.15, -0.1) is 0 Å². The summed E-state index contributed by atoms with van der Waals surface area (Å²) >= 11 is 3.92. The number of aromatic hydroxyl groups is 1. The van der Waals surface area contributed by atoms with Gasteiger partial charge in [0, 0.05) is 5.75 Å². The molecule has 2 atom stereocenters. The molecule has 1 aromatic carbocycles. The van der Waals surface area contributed by atoms with Gasteiger partial charge in [0.05, 0.1) is 6.04 Å². The van der Waals surface area contributed by atoms with Crippen molar-refractivity contribution >= 4 is 24.4 Å². The molecule has 0 saturated heterocycles. The summed E-state index contributed by atoms with van der Waals surface area (Å²) in [5.74, 6) is -0.857. The Balaban J connectivity index is 2.57. The fourth-order valence-corrected chi connectivity index (χ4v) is 1.74. The van der Waals surface area contributed by atoms with Gasteiger partial charge < -0.3 is 21.9 Å². The molecule has 6 nitrogen and oxygen atoms in total. The molecule has 19 heavy (non-hydrogen) atoms. The number of nitrogens with two attached hydrogens (primary N) is 2. The molecule has 0 fully saturated rings. The highest BCUT2D eigenvalue weighted by atomic mass is 32.1. The van der Waals surface area contributed by atoms with Gasteiger partial charge in [0.2, 0.25) is 11.8 Å². The lowest BCUT2D eigenvalue weighted by Gasteiger charge is -2.17. The van der Waals surface area contributed by atoms with Gasteiger partial charge >= 0.3 is 0 Å². The van der Waals surface area contributed by atoms with Crippen LogP contribution in [0.15, 0.2) is 24.3 Å². The minimum Gasteiger partial charge on any atom is -0.508 e. The van der Waals surface area contributed by atoms with Gasteiger partial charge in [-0.2, -0.15) is 12.6 Å². The number of hydrogen-bond acceptors (Lipinski definition) is 5. The molecule has 7 heteroatoms. The average Bonchev–Trinajstić information content (AvgIpc) is 2.37. The van der Waals surface area contributed by atoms with Gasteiger partial charge in [-0.1, -0.05) is 12.1 Å². The summed E-state index contributed by atoms with van der Waals surface area (Å²) in [5, 5.41) is 11.6. The van der Waals surface area contributed by atoms with Crippen LogP contribution >= 0.6 is 12.6 Å². The Morgan fingerprint density at radius 2 is 1.89 bits per heavy atom. The molecule has 0 bridgehead atoms. The first-order valence-electron chi connectivity index (χ1n) is 5.68. The molecule has 0 heterocycles. The number of nitrogens with one attached hydrogen (secondary N) is 1. The fraction of sp³-hybridized carbons (Fsp3) is 0.333. The van der Waals surface area contributed by atoms with Crippen LogP contribution in [0.3, 0.4) is 0 Å². The van der Waals surface area contributed by atoms with Crippen molar-refractivity contribution in [2.75, 3.05) is 5.75 Å². The topological polar surface area (TPSA) is 118 Å². The lowest BCUT2D eigenvalue weighted by Crippen LogP contribution is -2.51. The fourth-order valence-electron chi connectivity index (χ4n) is 1.46. The van der Waals surface area contributed by atoms with E-state index in [4.69, 9.17) is 16.6 Å². The minimum absolute atomic E-state index is 0.118. The first-order chi connectivity index (χ1) is 8.93. The van der Waals surface area contributed by atoms with Crippen LogP contribution in [-0.2, 0) is 16.0 Å². The van der Waals surface area contributed by atoms with Gasteiger partial charge in [0.1, 0.15) is 11.8 Å². The molecule has 0 aliphatic rings. The van der Waals surface area contributed by atoms with E-state index in [1.807, 2.05) is 0 Å². The van der Waals surface area contributed by atoms with Gasteiger partial charge in [-0.05, 0) is 24.1 Å². The molecule has 0 aliphatic heterocycles. The molecule has 2 unspecified atom stereocenters. The number of rotatable bonds is 6. The van der Waals surface area contributed by atoms with Crippen LogP contribution in [-0.4, -0.2) is 34.8 Å². The van der Waals surface area contributed by atoms with E-state index in [-0.39, 0.29) is 11.5 Å². The van der Waals surface area contributed by atoms with Crippen LogP contribution in [0.4, 0.5) is 0 Å². The highest BCUT2D eigenvalue weighted by Gasteiger charge is 2.20. The Morgan fingerprint density at radius 3 is 2.37 bits per heavy atom. The molecule has 0 radical (unpaired) electrons. The van der Waals surface area contributed by atoms with Gasteiger partial charge in [-0.3, -0.25) is 9.59 Å². The Hall–Kier alpha value is -1.73. The normalized spacial score (nSPS) is 13.6. The molecular formula is C12H17N3O3S. The monoisotopic (exact) mass is 283 g/mol. The molecule has 0 spiro atoms. The van der Waals surface area contributed by atoms with E-state index in [9.17, 15) is 9.59 Å². The summed E-state index contributed by atoms with van der Waals surface area (Å²) in [6.45, 7) is 0. The molecule has 6 N–H and O–H groups in total. The Morgan fingerprint density at radius 1 is 1.32 bits per heavy atom. The first-order valence-corrected chi connectivity index (χ1v) is 6.31. The molecule has 0 aromatic heterocycles. The van der Waals surface area contributed by atoms with Crippen molar-refractivity contribution < 1.29 is 14.7 Å². The van der Waals surface area contributed by atoms with Crippen molar-refractivity contribution in [3.63, 3.8) is 0 Å². The zero-order valence-electron chi connectivity index (χ0n) is 10.2. The summed E-state index contributed by atoms with van der Waals surface area (Å²) < 4.78 is 0. The summed E-state index contributed by atoms with van der Waals surface area (Å²) in [6.07, 6.45) is 0.296. The zero-order valence-corrected chi connectivity index (χ0v) is 11.1. The van der Waals surface area contributed by atoms with Crippen molar-refractivity contribution in [2.45, 2.75) is 18.5 Å². The van der Waals surface area contributed by atoms with E-state index in [1.54, 1.807) is 12.1 Å². The second-order valence-corrected chi connectivity index (χ2v) is 4.49. The quantitative estimate of drug-likeness (QED) is 0.437. The standard InChI is InChI=1S/C12H17N3O3S/c13-9(5-7-1-3-8(16)4-2-7)12(18)15-10(6-19)11(14)17/h1-4,9-10,16,19H,5-6,13H2,(H2,14,17)(H,15,18). The van der Waals surface area contributed by atoms with E-state index in [0.29, 0.717) is 6.42 Å². The van der Waals surface area contributed by atoms with Crippen molar-refractivity contribution in [2.24, 2.45) is 11.5 Å². The van der Waals surface area contributed by atoms with Crippen LogP contribution in [0.1, 0.15) is 5.56 Å². The lowest BCUT2D eigenvalue weighted by atomic mass is 10.1. The molecule has 1 rings (SSSR count). The maximum atomic E-state index is 11.8. The zero-order chi connectivity index (χ0) is 14.4. The van der Waals surface area contributed by atoms with Gasteiger partial charge in [-0.25, -0.2) is 0 Å². The van der Waals surface area contributed by atoms with Crippen molar-refractivity contribution in [3.8, 4) is 5.75 Å². The largest absolute Gasteiger partial charge is 0.508 e. The third-order valence-electron chi connectivity index (χ3n) is 2.57. The number of thiol groups is 1. The van der Waals surface area contributed by atoms with E-state index in [2.05, 4.69) is 17.9 Å². The Labute approximate surface area is 116 Å². The number of hydrogen-bond donors (Lipinski definition) is 5. The third-order valence-corrected chi connectivity index (χ3v) is 2.94. The summed E-state index contributed by atoms with van der Waals surface area (Å²) in [4.78, 5) is 22.7. The molecule has 1 aromatic rings. The first kappa shape index (κ1) is 15.3. The summed E-state index contributed by atoms with van der Waals surface area (Å²) in [7, 11) is 0. The highest BCUT2D eigenvalue weighted by Crippen LogP contribution is 2.10. The average molecular weight is 283 g/mol. The van der Waals surface area contributed by atoms with Crippen molar-refractivity contribution in [1.82, 2.24) is 5.32 Å². The maximum absolute atomic E-state index is 11.8. The second-order valence-electron chi connectivity index (χ2n) is 4.12. The van der Waals surface area contributed by atoms with Crippen LogP contribution in [0.5, 0.6) is 5.75 Å². The van der Waals surface area contributed by atoms with Gasteiger partial charge in [0.25, 0.3) is 0 Å². The van der Waals surface area contributed by atoms with Crippen LogP contribution in [0.25, 0.3) is 0 Å². The van der Waals surface area contributed by atoms with Crippen LogP contribution in [0.2, 0.25) is 0 Å². The maximum Gasteiger partial charge on any atom is 0.240 e. The third kappa shape index (κ3) is 4.80. The number of amides is 2. The molecule has 104 valence electrons. The molecule has 0 saturated carbocycles. The SMILES string of the molecule is NC(=O)C(CS)NC(=O)C(N)Cc1ccc(O)cc1. The van der Waals surface area contributed by atoms with E-state index in [1.165, 1.54) is 12.1 Å². The molecular weight excluding hydrogens is 266 g/mol. The van der Waals surface area contributed by atoms with E-state index >= 15 is 0 Å². The van der Waals surface area contributed by atoms with Crippen molar-refractivity contribution in [1.29, 1.82) is 0 Å². The Bertz CT molecular complexity index is 450. The number of benzene rings is 1. The molecule has 0 aliphatic carbocycles. The van der Waals surface area contributed by atoms with Gasteiger partial charge in [0.15, 0.2) is 0 Å². The number of phenolic OH excluding ortho intramolecular Hbond substituents is 1. The number of primary amides is 1. The number of carbonyl (C=O) groups is 2. The van der Waals surface area contributed by atoms with Crippen molar-refractivity contribution in [3.05, 3.63) is 29.8 Å². The summed E-state index contributed by atoms with van der Waals surface area (Å²) in [5.41, 5.74) is 11.6. The number of carbonyl (C=O) groups excluding carboxylic acids is 2. The summed E-state index contributed by atoms with van der Waals surface area (Å²) in [6, 6.07) is 4.74. The minimum atomic E-state index is -0.832. The second kappa shape index (κ2) is 7.01. The van der Waals surface area contributed by atoms with E-state index < -0.39 is 23.9 Å². The molecule has 2 amide bonds. The smallest absolute Gasteiger partial charge is 0.240 e. The Kier molecular flexibility index (Phi) is 5.65. The number of phenols is 1. The lowest BCUT2D eigenvalue weighted by molar-refractivity contribution is -0.127. The van der Waals surface area contributed by atoms with Crippen LogP contribution < -0.4 is 16.8 Å². The highest BCUT2D eigenvalue weighted by molar-refractivity contribution is 7.80. The van der Waals surface area contributed by atoms with E-state index in [0.717, 1.165) is 5.56 Å².